The minimum Gasteiger partial charge on any atom is -0.507 e. The fourth-order valence-corrected chi connectivity index (χ4v) is 4.28. The zero-order valence-electron chi connectivity index (χ0n) is 19.1. The Morgan fingerprint density at radius 1 is 1.03 bits per heavy atom. The number of Topliss-reactive ketones (excluding diaryl/α,β-unsaturated/α-hetero) is 1. The van der Waals surface area contributed by atoms with Crippen LogP contribution >= 0.6 is 0 Å². The van der Waals surface area contributed by atoms with E-state index >= 15 is 0 Å². The van der Waals surface area contributed by atoms with Crippen molar-refractivity contribution in [1.29, 1.82) is 0 Å². The van der Waals surface area contributed by atoms with E-state index < -0.39 is 17.7 Å². The molecule has 0 aliphatic carbocycles. The van der Waals surface area contributed by atoms with Gasteiger partial charge in [0.05, 0.1) is 30.9 Å². The summed E-state index contributed by atoms with van der Waals surface area (Å²) in [7, 11) is 0. The monoisotopic (exact) mass is 450 g/mol. The van der Waals surface area contributed by atoms with Gasteiger partial charge in [0.1, 0.15) is 11.5 Å². The third-order valence-corrected chi connectivity index (χ3v) is 5.92. The van der Waals surface area contributed by atoms with Crippen molar-refractivity contribution >= 4 is 17.4 Å². The highest BCUT2D eigenvalue weighted by atomic mass is 16.5. The first kappa shape index (κ1) is 23.0. The minimum atomic E-state index is -0.667. The standard InChI is InChI=1S/C26H30N2O5/c1-18(2)33-21-10-8-19(9-11-21)23-22(24(29)20-6-4-3-5-7-20)25(30)26(31)28(23)13-12-27-14-16-32-17-15-27/h3-11,18,23,29H,12-17H2,1-2H3/t23-/m0/s1. The predicted molar refractivity (Wildman–Crippen MR) is 125 cm³/mol. The molecule has 174 valence electrons. The number of ketones is 1. The van der Waals surface area contributed by atoms with Gasteiger partial charge in [0.15, 0.2) is 0 Å². The summed E-state index contributed by atoms with van der Waals surface area (Å²) in [6, 6.07) is 15.6. The Bertz CT molecular complexity index is 1010. The minimum absolute atomic E-state index is 0.0353. The zero-order valence-corrected chi connectivity index (χ0v) is 19.1. The molecule has 0 saturated carbocycles. The molecule has 4 rings (SSSR count). The van der Waals surface area contributed by atoms with Gasteiger partial charge in [-0.05, 0) is 31.5 Å². The van der Waals surface area contributed by atoms with E-state index in [1.807, 2.05) is 44.2 Å². The van der Waals surface area contributed by atoms with E-state index in [0.29, 0.717) is 37.6 Å². The van der Waals surface area contributed by atoms with Crippen molar-refractivity contribution in [3.8, 4) is 5.75 Å². The first-order valence-electron chi connectivity index (χ1n) is 11.4. The number of aliphatic hydroxyl groups excluding tert-OH is 1. The van der Waals surface area contributed by atoms with Crippen molar-refractivity contribution in [2.45, 2.75) is 26.0 Å². The molecule has 7 heteroatoms. The fraction of sp³-hybridized carbons (Fsp3) is 0.385. The lowest BCUT2D eigenvalue weighted by Gasteiger charge is -2.31. The predicted octanol–water partition coefficient (Wildman–Crippen LogP) is 3.23. The summed E-state index contributed by atoms with van der Waals surface area (Å²) in [5.41, 5.74) is 1.38. The van der Waals surface area contributed by atoms with Crippen molar-refractivity contribution in [1.82, 2.24) is 9.80 Å². The van der Waals surface area contributed by atoms with E-state index in [-0.39, 0.29) is 17.4 Å². The number of hydrogen-bond acceptors (Lipinski definition) is 6. The quantitative estimate of drug-likeness (QED) is 0.396. The summed E-state index contributed by atoms with van der Waals surface area (Å²) in [6.45, 7) is 7.82. The van der Waals surface area contributed by atoms with Crippen LogP contribution in [0.3, 0.4) is 0 Å². The summed E-state index contributed by atoms with van der Waals surface area (Å²) in [5.74, 6) is -0.698. The summed E-state index contributed by atoms with van der Waals surface area (Å²) < 4.78 is 11.2. The van der Waals surface area contributed by atoms with E-state index in [1.54, 1.807) is 29.2 Å². The molecule has 1 amide bonds. The molecule has 0 aromatic heterocycles. The van der Waals surface area contributed by atoms with Crippen LogP contribution in [0.1, 0.15) is 31.0 Å². The second-order valence-electron chi connectivity index (χ2n) is 8.55. The van der Waals surface area contributed by atoms with E-state index in [0.717, 1.165) is 18.7 Å². The molecule has 2 aromatic carbocycles. The topological polar surface area (TPSA) is 79.3 Å². The molecule has 0 unspecified atom stereocenters. The molecule has 2 saturated heterocycles. The Morgan fingerprint density at radius 3 is 2.33 bits per heavy atom. The maximum Gasteiger partial charge on any atom is 0.295 e. The third kappa shape index (κ3) is 5.10. The number of nitrogens with zero attached hydrogens (tertiary/aromatic N) is 2. The van der Waals surface area contributed by atoms with Crippen LogP contribution in [0.2, 0.25) is 0 Å². The maximum atomic E-state index is 13.1. The number of morpholine rings is 1. The Morgan fingerprint density at radius 2 is 1.70 bits per heavy atom. The number of ether oxygens (including phenoxy) is 2. The van der Waals surface area contributed by atoms with Crippen LogP contribution < -0.4 is 4.74 Å². The van der Waals surface area contributed by atoms with Crippen LogP contribution in [0, 0.1) is 0 Å². The molecule has 2 aromatic rings. The molecule has 0 spiro atoms. The molecule has 7 nitrogen and oxygen atoms in total. The SMILES string of the molecule is CC(C)Oc1ccc([C@H]2C(=C(O)c3ccccc3)C(=O)C(=O)N2CCN2CCOCC2)cc1. The number of rotatable bonds is 7. The van der Waals surface area contributed by atoms with Gasteiger partial charge in [-0.3, -0.25) is 14.5 Å². The second-order valence-corrected chi connectivity index (χ2v) is 8.55. The van der Waals surface area contributed by atoms with Gasteiger partial charge in [-0.2, -0.15) is 0 Å². The van der Waals surface area contributed by atoms with Gasteiger partial charge in [0, 0.05) is 31.7 Å². The zero-order chi connectivity index (χ0) is 23.4. The number of amides is 1. The van der Waals surface area contributed by atoms with Gasteiger partial charge in [-0.15, -0.1) is 0 Å². The largest absolute Gasteiger partial charge is 0.507 e. The van der Waals surface area contributed by atoms with Gasteiger partial charge in [-0.1, -0.05) is 42.5 Å². The molecule has 0 bridgehead atoms. The normalized spacial score (nSPS) is 21.1. The summed E-state index contributed by atoms with van der Waals surface area (Å²) in [6.07, 6.45) is 0.0353. The Labute approximate surface area is 194 Å². The van der Waals surface area contributed by atoms with Crippen molar-refractivity contribution in [2.24, 2.45) is 0 Å². The molecular weight excluding hydrogens is 420 g/mol. The van der Waals surface area contributed by atoms with Crippen LogP contribution in [0.4, 0.5) is 0 Å². The van der Waals surface area contributed by atoms with Crippen LogP contribution in [0.5, 0.6) is 5.75 Å². The Kier molecular flexibility index (Phi) is 7.11. The molecule has 2 aliphatic heterocycles. The highest BCUT2D eigenvalue weighted by Gasteiger charge is 2.46. The molecule has 33 heavy (non-hydrogen) atoms. The number of aliphatic hydroxyl groups is 1. The van der Waals surface area contributed by atoms with Crippen molar-refractivity contribution in [3.63, 3.8) is 0 Å². The second kappa shape index (κ2) is 10.2. The van der Waals surface area contributed by atoms with E-state index in [1.165, 1.54) is 0 Å². The highest BCUT2D eigenvalue weighted by molar-refractivity contribution is 6.46. The molecule has 0 radical (unpaired) electrons. The molecule has 2 fully saturated rings. The third-order valence-electron chi connectivity index (χ3n) is 5.92. The molecule has 1 N–H and O–H groups in total. The lowest BCUT2D eigenvalue weighted by molar-refractivity contribution is -0.140. The summed E-state index contributed by atoms with van der Waals surface area (Å²) >= 11 is 0. The van der Waals surface area contributed by atoms with Gasteiger partial charge in [-0.25, -0.2) is 0 Å². The van der Waals surface area contributed by atoms with E-state index in [9.17, 15) is 14.7 Å². The number of carbonyl (C=O) groups excluding carboxylic acids is 2. The summed E-state index contributed by atoms with van der Waals surface area (Å²) in [5, 5.41) is 11.1. The molecule has 1 atom stereocenters. The van der Waals surface area contributed by atoms with E-state index in [2.05, 4.69) is 4.90 Å². The van der Waals surface area contributed by atoms with Gasteiger partial charge in [0.2, 0.25) is 0 Å². The van der Waals surface area contributed by atoms with Crippen molar-refractivity contribution < 1.29 is 24.2 Å². The van der Waals surface area contributed by atoms with Gasteiger partial charge >= 0.3 is 0 Å². The molecular formula is C26H30N2O5. The van der Waals surface area contributed by atoms with E-state index in [4.69, 9.17) is 9.47 Å². The Hall–Kier alpha value is -3.16. The summed E-state index contributed by atoms with van der Waals surface area (Å²) in [4.78, 5) is 30.0. The highest BCUT2D eigenvalue weighted by Crippen LogP contribution is 2.39. The number of likely N-dealkylation sites (tertiary alicyclic amines) is 1. The average molecular weight is 451 g/mol. The van der Waals surface area contributed by atoms with Crippen molar-refractivity contribution in [2.75, 3.05) is 39.4 Å². The molecule has 2 aliphatic rings. The average Bonchev–Trinajstić information content (AvgIpc) is 3.08. The van der Waals surface area contributed by atoms with Crippen LogP contribution in [-0.4, -0.2) is 72.1 Å². The van der Waals surface area contributed by atoms with Crippen LogP contribution in [0.15, 0.2) is 60.2 Å². The lowest BCUT2D eigenvalue weighted by Crippen LogP contribution is -2.42. The number of benzene rings is 2. The van der Waals surface area contributed by atoms with Crippen LogP contribution in [-0.2, 0) is 14.3 Å². The first-order valence-corrected chi connectivity index (χ1v) is 11.4. The lowest BCUT2D eigenvalue weighted by atomic mass is 9.95. The maximum absolute atomic E-state index is 13.1. The van der Waals surface area contributed by atoms with Crippen molar-refractivity contribution in [3.05, 3.63) is 71.3 Å². The smallest absolute Gasteiger partial charge is 0.295 e. The number of hydrogen-bond donors (Lipinski definition) is 1. The Balaban J connectivity index is 1.70. The van der Waals surface area contributed by atoms with Crippen LogP contribution in [0.25, 0.3) is 5.76 Å². The van der Waals surface area contributed by atoms with Gasteiger partial charge in [0.25, 0.3) is 11.7 Å². The van der Waals surface area contributed by atoms with Gasteiger partial charge < -0.3 is 19.5 Å². The number of carbonyl (C=O) groups is 2. The first-order chi connectivity index (χ1) is 16.0. The molecule has 2 heterocycles. The fourth-order valence-electron chi connectivity index (χ4n) is 4.28.